The molecule has 19 heavy (non-hydrogen) atoms. The third kappa shape index (κ3) is 3.71. The Balaban J connectivity index is 2.96. The maximum atomic E-state index is 12.0. The van der Waals surface area contributed by atoms with Crippen LogP contribution in [0.25, 0.3) is 0 Å². The number of carbonyl (C=O) groups excluding carboxylic acids is 1. The summed E-state index contributed by atoms with van der Waals surface area (Å²) in [6.07, 6.45) is 3.52. The summed E-state index contributed by atoms with van der Waals surface area (Å²) in [7, 11) is 1.26. The minimum absolute atomic E-state index is 0.471. The van der Waals surface area contributed by atoms with Crippen LogP contribution in [0.4, 0.5) is 0 Å². The summed E-state index contributed by atoms with van der Waals surface area (Å²) in [6.45, 7) is 2.09. The molecule has 4 heteroatoms. The standard InChI is InChI=1S/C15H21ClO3/c1-3-4-6-11-13(16)15(18,14(17)19-2)12-9-7-5-8-10-12/h5,7-10,13,18H,3-4,6,11H2,1-2H3/t13-,15-/m0/s1. The van der Waals surface area contributed by atoms with Crippen LogP contribution in [0.5, 0.6) is 0 Å². The Kier molecular flexibility index (Phi) is 6.32. The van der Waals surface area contributed by atoms with Gasteiger partial charge in [-0.3, -0.25) is 0 Å². The van der Waals surface area contributed by atoms with E-state index in [1.807, 2.05) is 6.07 Å². The van der Waals surface area contributed by atoms with Crippen molar-refractivity contribution in [1.82, 2.24) is 0 Å². The van der Waals surface area contributed by atoms with E-state index in [4.69, 9.17) is 16.3 Å². The topological polar surface area (TPSA) is 46.5 Å². The molecule has 1 aromatic carbocycles. The lowest BCUT2D eigenvalue weighted by Crippen LogP contribution is -2.45. The van der Waals surface area contributed by atoms with E-state index in [1.165, 1.54) is 7.11 Å². The van der Waals surface area contributed by atoms with Crippen LogP contribution >= 0.6 is 11.6 Å². The number of benzene rings is 1. The highest BCUT2D eigenvalue weighted by Gasteiger charge is 2.45. The molecule has 1 rings (SSSR count). The lowest BCUT2D eigenvalue weighted by atomic mass is 9.87. The third-order valence-corrected chi connectivity index (χ3v) is 3.76. The molecule has 0 radical (unpaired) electrons. The Morgan fingerprint density at radius 2 is 2.00 bits per heavy atom. The predicted octanol–water partition coefficient (Wildman–Crippen LogP) is 3.23. The van der Waals surface area contributed by atoms with Crippen molar-refractivity contribution in [2.75, 3.05) is 7.11 Å². The first kappa shape index (κ1) is 16.0. The van der Waals surface area contributed by atoms with Crippen molar-refractivity contribution >= 4 is 17.6 Å². The summed E-state index contributed by atoms with van der Waals surface area (Å²) >= 11 is 6.28. The van der Waals surface area contributed by atoms with Gasteiger partial charge in [0.25, 0.3) is 0 Å². The fraction of sp³-hybridized carbons (Fsp3) is 0.533. The van der Waals surface area contributed by atoms with Crippen LogP contribution in [0.2, 0.25) is 0 Å². The van der Waals surface area contributed by atoms with Crippen molar-refractivity contribution in [2.45, 2.75) is 43.6 Å². The van der Waals surface area contributed by atoms with Gasteiger partial charge in [0.1, 0.15) is 0 Å². The third-order valence-electron chi connectivity index (χ3n) is 3.22. The molecule has 0 unspecified atom stereocenters. The Morgan fingerprint density at radius 3 is 2.53 bits per heavy atom. The molecule has 0 fully saturated rings. The van der Waals surface area contributed by atoms with E-state index >= 15 is 0 Å². The number of carbonyl (C=O) groups is 1. The number of ether oxygens (including phenoxy) is 1. The van der Waals surface area contributed by atoms with Gasteiger partial charge >= 0.3 is 5.97 Å². The van der Waals surface area contributed by atoms with Gasteiger partial charge in [0.15, 0.2) is 0 Å². The molecule has 0 saturated heterocycles. The van der Waals surface area contributed by atoms with Gasteiger partial charge in [0, 0.05) is 0 Å². The maximum Gasteiger partial charge on any atom is 0.344 e. The number of hydrogen-bond acceptors (Lipinski definition) is 3. The highest BCUT2D eigenvalue weighted by Crippen LogP contribution is 2.33. The first-order chi connectivity index (χ1) is 9.07. The van der Waals surface area contributed by atoms with Gasteiger partial charge in [-0.05, 0) is 12.0 Å². The van der Waals surface area contributed by atoms with Gasteiger partial charge in [0.05, 0.1) is 12.5 Å². The number of halogens is 1. The van der Waals surface area contributed by atoms with E-state index in [1.54, 1.807) is 24.3 Å². The van der Waals surface area contributed by atoms with E-state index in [9.17, 15) is 9.90 Å². The van der Waals surface area contributed by atoms with Crippen molar-refractivity contribution in [2.24, 2.45) is 0 Å². The fourth-order valence-electron chi connectivity index (χ4n) is 2.06. The van der Waals surface area contributed by atoms with Crippen molar-refractivity contribution in [1.29, 1.82) is 0 Å². The molecule has 0 heterocycles. The zero-order valence-corrected chi connectivity index (χ0v) is 12.2. The van der Waals surface area contributed by atoms with E-state index in [0.717, 1.165) is 19.3 Å². The van der Waals surface area contributed by atoms with Crippen molar-refractivity contribution in [3.63, 3.8) is 0 Å². The van der Waals surface area contributed by atoms with Crippen LogP contribution in [0, 0.1) is 0 Å². The Hall–Kier alpha value is -1.06. The van der Waals surface area contributed by atoms with E-state index in [2.05, 4.69) is 6.92 Å². The molecule has 0 saturated carbocycles. The van der Waals surface area contributed by atoms with Crippen LogP contribution in [-0.4, -0.2) is 23.6 Å². The summed E-state index contributed by atoms with van der Waals surface area (Å²) in [6, 6.07) is 8.72. The summed E-state index contributed by atoms with van der Waals surface area (Å²) < 4.78 is 4.72. The monoisotopic (exact) mass is 284 g/mol. The number of rotatable bonds is 7. The summed E-state index contributed by atoms with van der Waals surface area (Å²) in [4.78, 5) is 12.0. The van der Waals surface area contributed by atoms with Crippen molar-refractivity contribution in [3.05, 3.63) is 35.9 Å². The number of esters is 1. The number of aliphatic hydroxyl groups is 1. The number of alkyl halides is 1. The van der Waals surface area contributed by atoms with Crippen LogP contribution in [0.1, 0.15) is 38.2 Å². The molecule has 3 nitrogen and oxygen atoms in total. The second-order valence-electron chi connectivity index (χ2n) is 4.59. The second kappa shape index (κ2) is 7.51. The Labute approximate surface area is 119 Å². The molecule has 0 aliphatic rings. The summed E-state index contributed by atoms with van der Waals surface area (Å²) in [5.74, 6) is -0.713. The quantitative estimate of drug-likeness (QED) is 0.475. The largest absolute Gasteiger partial charge is 0.467 e. The molecule has 1 N–H and O–H groups in total. The average Bonchev–Trinajstić information content (AvgIpc) is 2.46. The molecule has 0 aliphatic heterocycles. The fourth-order valence-corrected chi connectivity index (χ4v) is 2.43. The lowest BCUT2D eigenvalue weighted by molar-refractivity contribution is -0.164. The number of unbranched alkanes of at least 4 members (excludes halogenated alkanes) is 2. The van der Waals surface area contributed by atoms with Gasteiger partial charge in [-0.15, -0.1) is 11.6 Å². The van der Waals surface area contributed by atoms with Gasteiger partial charge in [-0.25, -0.2) is 4.79 Å². The van der Waals surface area contributed by atoms with Crippen LogP contribution < -0.4 is 0 Å². The summed E-state index contributed by atoms with van der Waals surface area (Å²) in [5, 5.41) is 10.0. The van der Waals surface area contributed by atoms with E-state index in [-0.39, 0.29) is 0 Å². The molecular formula is C15H21ClO3. The van der Waals surface area contributed by atoms with Gasteiger partial charge in [-0.1, -0.05) is 56.5 Å². The van der Waals surface area contributed by atoms with Crippen molar-refractivity contribution in [3.8, 4) is 0 Å². The molecule has 1 aromatic rings. The lowest BCUT2D eigenvalue weighted by Gasteiger charge is -2.30. The van der Waals surface area contributed by atoms with E-state index in [0.29, 0.717) is 12.0 Å². The first-order valence-corrected chi connectivity index (χ1v) is 7.01. The van der Waals surface area contributed by atoms with Gasteiger partial charge < -0.3 is 9.84 Å². The number of methoxy groups -OCH3 is 1. The smallest absolute Gasteiger partial charge is 0.344 e. The first-order valence-electron chi connectivity index (χ1n) is 6.57. The number of hydrogen-bond donors (Lipinski definition) is 1. The minimum atomic E-state index is -1.79. The highest BCUT2D eigenvalue weighted by molar-refractivity contribution is 6.23. The minimum Gasteiger partial charge on any atom is -0.467 e. The highest BCUT2D eigenvalue weighted by atomic mass is 35.5. The molecule has 2 atom stereocenters. The van der Waals surface area contributed by atoms with Crippen molar-refractivity contribution < 1.29 is 14.6 Å². The molecule has 106 valence electrons. The molecule has 0 bridgehead atoms. The second-order valence-corrected chi connectivity index (χ2v) is 5.11. The molecule has 0 amide bonds. The van der Waals surface area contributed by atoms with Crippen LogP contribution in [0.15, 0.2) is 30.3 Å². The SMILES string of the molecule is CCCCC[C@H](Cl)[C@](O)(C(=O)OC)c1ccccc1. The van der Waals surface area contributed by atoms with Crippen LogP contribution in [-0.2, 0) is 15.1 Å². The zero-order chi connectivity index (χ0) is 14.3. The summed E-state index contributed by atoms with van der Waals surface area (Å²) in [5.41, 5.74) is -1.32. The molecule has 0 aliphatic carbocycles. The molecular weight excluding hydrogens is 264 g/mol. The normalized spacial score (nSPS) is 15.6. The molecule has 0 spiro atoms. The van der Waals surface area contributed by atoms with E-state index < -0.39 is 16.9 Å². The Bertz CT molecular complexity index is 394. The van der Waals surface area contributed by atoms with Gasteiger partial charge in [-0.2, -0.15) is 0 Å². The Morgan fingerprint density at radius 1 is 1.37 bits per heavy atom. The predicted molar refractivity (Wildman–Crippen MR) is 76.1 cm³/mol. The van der Waals surface area contributed by atoms with Gasteiger partial charge in [0.2, 0.25) is 5.60 Å². The average molecular weight is 285 g/mol. The maximum absolute atomic E-state index is 12.0. The zero-order valence-electron chi connectivity index (χ0n) is 11.4. The van der Waals surface area contributed by atoms with Crippen LogP contribution in [0.3, 0.4) is 0 Å². The molecule has 0 aromatic heterocycles.